The first-order valence-electron chi connectivity index (χ1n) is 10.4. The highest BCUT2D eigenvalue weighted by molar-refractivity contribution is 5.77. The number of nitrogens with zero attached hydrogens (tertiary/aromatic N) is 4. The monoisotopic (exact) mass is 354 g/mol. The number of rotatable bonds is 3. The number of hydrogen-bond acceptors (Lipinski definition) is 4. The van der Waals surface area contributed by atoms with Gasteiger partial charge in [0.1, 0.15) is 5.82 Å². The van der Waals surface area contributed by atoms with Crippen molar-refractivity contribution in [2.45, 2.75) is 70.1 Å². The molecule has 2 saturated heterocycles. The molecule has 1 aromatic heterocycles. The number of piperazine rings is 1. The molecule has 5 rings (SSSR count). The first-order chi connectivity index (χ1) is 12.7. The molecule has 2 bridgehead atoms. The van der Waals surface area contributed by atoms with Crippen LogP contribution in [0.5, 0.6) is 0 Å². The van der Waals surface area contributed by atoms with Gasteiger partial charge in [0, 0.05) is 38.1 Å². The first kappa shape index (κ1) is 16.5. The van der Waals surface area contributed by atoms with Gasteiger partial charge in [0.25, 0.3) is 0 Å². The summed E-state index contributed by atoms with van der Waals surface area (Å²) in [7, 11) is 2.23. The molecule has 5 heteroatoms. The normalized spacial score (nSPS) is 28.8. The lowest BCUT2D eigenvalue weighted by Gasteiger charge is -2.40. The number of pyridine rings is 1. The quantitative estimate of drug-likeness (QED) is 0.837. The molecule has 1 aromatic rings. The number of fused-ring (bicyclic) bond motifs is 3. The van der Waals surface area contributed by atoms with Gasteiger partial charge in [0.15, 0.2) is 0 Å². The van der Waals surface area contributed by atoms with E-state index in [1.54, 1.807) is 0 Å². The molecule has 1 aliphatic carbocycles. The van der Waals surface area contributed by atoms with Crippen LogP contribution in [0, 0.1) is 5.92 Å². The number of aromatic nitrogens is 1. The van der Waals surface area contributed by atoms with Crippen LogP contribution >= 0.6 is 0 Å². The highest BCUT2D eigenvalue weighted by Gasteiger charge is 2.40. The Kier molecular flexibility index (Phi) is 4.15. The van der Waals surface area contributed by atoms with E-state index >= 15 is 0 Å². The predicted molar refractivity (Wildman–Crippen MR) is 102 cm³/mol. The van der Waals surface area contributed by atoms with Gasteiger partial charge < -0.3 is 14.7 Å². The van der Waals surface area contributed by atoms with Crippen molar-refractivity contribution in [1.82, 2.24) is 14.8 Å². The lowest BCUT2D eigenvalue weighted by molar-refractivity contribution is -0.132. The standard InChI is InChI=1S/C21H30N4O/c1-23-12-17-7-8-18(13-23)25(17)20-9-6-16-11-24(14-19(16)22-20)21(26)10-15-4-2-3-5-15/h6,9,15,17-18H,2-5,7-8,10-14H2,1H3. The molecule has 140 valence electrons. The van der Waals surface area contributed by atoms with Gasteiger partial charge in [0.2, 0.25) is 5.91 Å². The average molecular weight is 354 g/mol. The van der Waals surface area contributed by atoms with Gasteiger partial charge in [-0.25, -0.2) is 4.98 Å². The summed E-state index contributed by atoms with van der Waals surface area (Å²) < 4.78 is 0. The van der Waals surface area contributed by atoms with E-state index in [1.807, 2.05) is 4.90 Å². The fraction of sp³-hybridized carbons (Fsp3) is 0.714. The summed E-state index contributed by atoms with van der Waals surface area (Å²) in [6.07, 6.45) is 8.37. The minimum absolute atomic E-state index is 0.330. The number of likely N-dealkylation sites (tertiary alicyclic amines) is 1. The van der Waals surface area contributed by atoms with Crippen molar-refractivity contribution in [3.05, 3.63) is 23.4 Å². The molecule has 0 N–H and O–H groups in total. The van der Waals surface area contributed by atoms with Crippen molar-refractivity contribution in [3.63, 3.8) is 0 Å². The van der Waals surface area contributed by atoms with Gasteiger partial charge in [-0.2, -0.15) is 0 Å². The van der Waals surface area contributed by atoms with Gasteiger partial charge in [-0.05, 0) is 50.3 Å². The van der Waals surface area contributed by atoms with E-state index in [1.165, 1.54) is 44.1 Å². The summed E-state index contributed by atoms with van der Waals surface area (Å²) in [6, 6.07) is 5.62. The molecule has 5 nitrogen and oxygen atoms in total. The number of amides is 1. The van der Waals surface area contributed by atoms with Gasteiger partial charge in [-0.1, -0.05) is 18.9 Å². The van der Waals surface area contributed by atoms with Crippen LogP contribution in [-0.2, 0) is 17.9 Å². The number of hydrogen-bond donors (Lipinski definition) is 0. The van der Waals surface area contributed by atoms with E-state index in [0.717, 1.165) is 37.6 Å². The molecule has 2 unspecified atom stereocenters. The molecule has 0 radical (unpaired) electrons. The molecule has 2 atom stereocenters. The van der Waals surface area contributed by atoms with Gasteiger partial charge in [-0.15, -0.1) is 0 Å². The lowest BCUT2D eigenvalue weighted by Crippen LogP contribution is -2.52. The van der Waals surface area contributed by atoms with E-state index in [-0.39, 0.29) is 0 Å². The molecule has 3 aliphatic heterocycles. The molecule has 3 fully saturated rings. The van der Waals surface area contributed by atoms with Crippen molar-refractivity contribution < 1.29 is 4.79 Å². The summed E-state index contributed by atoms with van der Waals surface area (Å²) in [5.74, 6) is 2.08. The molecule has 26 heavy (non-hydrogen) atoms. The Morgan fingerprint density at radius 1 is 1.08 bits per heavy atom. The fourth-order valence-electron chi connectivity index (χ4n) is 5.64. The number of carbonyl (C=O) groups excluding carboxylic acids is 1. The Morgan fingerprint density at radius 3 is 2.54 bits per heavy atom. The summed E-state index contributed by atoms with van der Waals surface area (Å²) in [5.41, 5.74) is 2.37. The van der Waals surface area contributed by atoms with Crippen molar-refractivity contribution in [2.24, 2.45) is 5.92 Å². The van der Waals surface area contributed by atoms with Crippen LogP contribution < -0.4 is 4.90 Å². The Hall–Kier alpha value is -1.62. The molecule has 4 aliphatic rings. The third-order valence-corrected chi connectivity index (χ3v) is 6.98. The average Bonchev–Trinajstić information content (AvgIpc) is 3.32. The Labute approximate surface area is 156 Å². The van der Waals surface area contributed by atoms with Crippen LogP contribution in [0.2, 0.25) is 0 Å². The van der Waals surface area contributed by atoms with Crippen LogP contribution in [0.1, 0.15) is 56.2 Å². The van der Waals surface area contributed by atoms with E-state index in [2.05, 4.69) is 29.0 Å². The largest absolute Gasteiger partial charge is 0.348 e. The van der Waals surface area contributed by atoms with Gasteiger partial charge in [-0.3, -0.25) is 4.79 Å². The van der Waals surface area contributed by atoms with Gasteiger partial charge >= 0.3 is 0 Å². The summed E-state index contributed by atoms with van der Waals surface area (Å²) in [6.45, 7) is 3.74. The van der Waals surface area contributed by atoms with Crippen molar-refractivity contribution in [2.75, 3.05) is 25.0 Å². The number of carbonyl (C=O) groups is 1. The van der Waals surface area contributed by atoms with E-state index in [0.29, 0.717) is 30.5 Å². The maximum absolute atomic E-state index is 12.7. The third kappa shape index (κ3) is 2.90. The Morgan fingerprint density at radius 2 is 1.81 bits per heavy atom. The maximum atomic E-state index is 12.7. The molecule has 0 spiro atoms. The van der Waals surface area contributed by atoms with Crippen LogP contribution in [0.15, 0.2) is 12.1 Å². The zero-order valence-corrected chi connectivity index (χ0v) is 15.9. The van der Waals surface area contributed by atoms with Crippen LogP contribution in [0.3, 0.4) is 0 Å². The highest BCUT2D eigenvalue weighted by atomic mass is 16.2. The van der Waals surface area contributed by atoms with Crippen molar-refractivity contribution in [3.8, 4) is 0 Å². The van der Waals surface area contributed by atoms with Crippen molar-refractivity contribution >= 4 is 11.7 Å². The second-order valence-electron chi connectivity index (χ2n) is 8.89. The fourth-order valence-corrected chi connectivity index (χ4v) is 5.64. The zero-order valence-electron chi connectivity index (χ0n) is 15.9. The zero-order chi connectivity index (χ0) is 17.7. The van der Waals surface area contributed by atoms with E-state index in [9.17, 15) is 4.79 Å². The first-order valence-corrected chi connectivity index (χ1v) is 10.4. The second kappa shape index (κ2) is 6.52. The highest BCUT2D eigenvalue weighted by Crippen LogP contribution is 2.35. The molecular weight excluding hydrogens is 324 g/mol. The van der Waals surface area contributed by atoms with E-state index < -0.39 is 0 Å². The van der Waals surface area contributed by atoms with Gasteiger partial charge in [0.05, 0.1) is 12.2 Å². The lowest BCUT2D eigenvalue weighted by atomic mass is 10.0. The topological polar surface area (TPSA) is 39.7 Å². The van der Waals surface area contributed by atoms with Crippen LogP contribution in [0.4, 0.5) is 5.82 Å². The minimum Gasteiger partial charge on any atom is -0.348 e. The maximum Gasteiger partial charge on any atom is 0.223 e. The Bertz CT molecular complexity index is 685. The summed E-state index contributed by atoms with van der Waals surface area (Å²) in [4.78, 5) is 24.7. The van der Waals surface area contributed by atoms with Crippen LogP contribution in [-0.4, -0.2) is 52.9 Å². The molecular formula is C21H30N4O. The molecule has 1 amide bonds. The molecule has 4 heterocycles. The van der Waals surface area contributed by atoms with Crippen molar-refractivity contribution in [1.29, 1.82) is 0 Å². The number of anilines is 1. The van der Waals surface area contributed by atoms with E-state index in [4.69, 9.17) is 4.98 Å². The summed E-state index contributed by atoms with van der Waals surface area (Å²) in [5, 5.41) is 0. The Balaban J connectivity index is 1.29. The minimum atomic E-state index is 0.330. The molecule has 0 aromatic carbocycles. The number of likely N-dealkylation sites (N-methyl/N-ethyl adjacent to an activating group) is 1. The SMILES string of the molecule is CN1CC2CCC(C1)N2c1ccc2c(n1)CN(C(=O)CC1CCCC1)C2. The third-order valence-electron chi connectivity index (χ3n) is 6.98. The predicted octanol–water partition coefficient (Wildman–Crippen LogP) is 2.79. The molecule has 1 saturated carbocycles. The van der Waals surface area contributed by atoms with Crippen LogP contribution in [0.25, 0.3) is 0 Å². The second-order valence-corrected chi connectivity index (χ2v) is 8.89. The summed E-state index contributed by atoms with van der Waals surface area (Å²) >= 11 is 0. The smallest absolute Gasteiger partial charge is 0.223 e.